The second kappa shape index (κ2) is 10.4. The van der Waals surface area contributed by atoms with Crippen LogP contribution in [0.5, 0.6) is 11.5 Å². The van der Waals surface area contributed by atoms with E-state index in [1.165, 1.54) is 0 Å². The van der Waals surface area contributed by atoms with Gasteiger partial charge in [0.25, 0.3) is 0 Å². The number of benzene rings is 1. The number of hydrogen-bond donors (Lipinski definition) is 1. The number of aromatic amines is 1. The first-order valence-corrected chi connectivity index (χ1v) is 14.0. The zero-order valence-electron chi connectivity index (χ0n) is 22.5. The van der Waals surface area contributed by atoms with Gasteiger partial charge in [-0.2, -0.15) is 10.4 Å². The molecule has 5 heterocycles. The largest absolute Gasteiger partial charge is 0.493 e. The van der Waals surface area contributed by atoms with Gasteiger partial charge in [-0.05, 0) is 51.4 Å². The van der Waals surface area contributed by atoms with Crippen molar-refractivity contribution < 1.29 is 9.47 Å². The van der Waals surface area contributed by atoms with Gasteiger partial charge >= 0.3 is 0 Å². The van der Waals surface area contributed by atoms with Crippen LogP contribution in [0.3, 0.4) is 0 Å². The number of nitrogens with one attached hydrogen (secondary N) is 1. The molecule has 206 valence electrons. The van der Waals surface area contributed by atoms with Gasteiger partial charge in [0.1, 0.15) is 18.0 Å². The Hall–Kier alpha value is -3.58. The molecule has 2 aliphatic heterocycles. The van der Waals surface area contributed by atoms with E-state index < -0.39 is 6.10 Å². The summed E-state index contributed by atoms with van der Waals surface area (Å²) in [6, 6.07) is 9.94. The van der Waals surface area contributed by atoms with E-state index in [-0.39, 0.29) is 11.6 Å². The number of anilines is 1. The normalized spacial score (nSPS) is 19.3. The van der Waals surface area contributed by atoms with Crippen LogP contribution in [0, 0.1) is 11.3 Å². The molecule has 0 radical (unpaired) electrons. The lowest BCUT2D eigenvalue weighted by atomic mass is 9.88. The molecule has 3 aromatic heterocycles. The highest BCUT2D eigenvalue weighted by molar-refractivity contribution is 6.35. The Kier molecular flexibility index (Phi) is 6.95. The lowest BCUT2D eigenvalue weighted by molar-refractivity contribution is 0.0602. The van der Waals surface area contributed by atoms with Gasteiger partial charge in [-0.25, -0.2) is 4.98 Å². The van der Waals surface area contributed by atoms with E-state index in [4.69, 9.17) is 32.7 Å². The number of H-pyrrole nitrogens is 1. The van der Waals surface area contributed by atoms with Crippen LogP contribution in [0.25, 0.3) is 10.9 Å². The summed E-state index contributed by atoms with van der Waals surface area (Å²) >= 11 is 12.8. The van der Waals surface area contributed by atoms with Crippen molar-refractivity contribution in [1.82, 2.24) is 25.1 Å². The minimum absolute atomic E-state index is 0.0575. The highest BCUT2D eigenvalue weighted by atomic mass is 35.5. The minimum atomic E-state index is -0.433. The first-order chi connectivity index (χ1) is 19.3. The van der Waals surface area contributed by atoms with E-state index in [0.717, 1.165) is 54.9 Å². The predicted octanol–water partition coefficient (Wildman–Crippen LogP) is 6.10. The van der Waals surface area contributed by atoms with Crippen LogP contribution in [-0.2, 0) is 0 Å². The molecule has 11 heteroatoms. The van der Waals surface area contributed by atoms with Gasteiger partial charge in [0, 0.05) is 48.7 Å². The zero-order valence-corrected chi connectivity index (χ0v) is 24.0. The average molecular weight is 579 g/mol. The molecule has 1 unspecified atom stereocenters. The van der Waals surface area contributed by atoms with Gasteiger partial charge in [-0.3, -0.25) is 15.0 Å². The fraction of sp³-hybridized carbons (Fsp3) is 0.379. The number of rotatable bonds is 7. The standard InChI is InChI=1S/C29H29Cl2N7O2/c1-17(26-20(30)13-33-14-21(26)31)40-25-10-19-22(11-24(25)39-3)35-36-27(19)23-7-5-9-38(23)29(2)15-37(16-29)28-18(12-32)6-4-8-34-28/h4,6,8,10-11,13-14,17,23H,5,7,9,15-16H2,1-3H3,(H,35,36)/t17-,23?/m1/s1. The molecule has 1 aromatic carbocycles. The van der Waals surface area contributed by atoms with E-state index >= 15 is 0 Å². The summed E-state index contributed by atoms with van der Waals surface area (Å²) in [6.07, 6.45) is 6.53. The Bertz CT molecular complexity index is 1590. The second-order valence-electron chi connectivity index (χ2n) is 10.6. The number of ether oxygens (including phenoxy) is 2. The number of fused-ring (bicyclic) bond motifs is 1. The molecule has 6 rings (SSSR count). The molecule has 0 saturated carbocycles. The number of likely N-dealkylation sites (tertiary alicyclic amines) is 1. The minimum Gasteiger partial charge on any atom is -0.493 e. The van der Waals surface area contributed by atoms with Crippen molar-refractivity contribution in [2.75, 3.05) is 31.6 Å². The van der Waals surface area contributed by atoms with Crippen LogP contribution in [0.4, 0.5) is 5.82 Å². The number of hydrogen-bond acceptors (Lipinski definition) is 8. The maximum atomic E-state index is 9.53. The molecule has 2 fully saturated rings. The quantitative estimate of drug-likeness (QED) is 0.281. The zero-order chi connectivity index (χ0) is 28.0. The molecule has 1 N–H and O–H groups in total. The van der Waals surface area contributed by atoms with Crippen molar-refractivity contribution >= 4 is 39.9 Å². The Morgan fingerprint density at radius 3 is 2.70 bits per heavy atom. The first-order valence-electron chi connectivity index (χ1n) is 13.2. The van der Waals surface area contributed by atoms with Crippen LogP contribution in [0.2, 0.25) is 10.0 Å². The van der Waals surface area contributed by atoms with Crippen LogP contribution in [0.1, 0.15) is 55.7 Å². The van der Waals surface area contributed by atoms with E-state index in [0.29, 0.717) is 32.7 Å². The molecule has 0 spiro atoms. The van der Waals surface area contributed by atoms with Crippen molar-refractivity contribution in [3.63, 3.8) is 0 Å². The molecular formula is C29H29Cl2N7O2. The molecule has 2 saturated heterocycles. The average Bonchev–Trinajstić information content (AvgIpc) is 3.57. The third-order valence-electron chi connectivity index (χ3n) is 8.02. The lowest BCUT2D eigenvalue weighted by Crippen LogP contribution is -2.68. The molecule has 0 amide bonds. The highest BCUT2D eigenvalue weighted by Crippen LogP contribution is 2.45. The smallest absolute Gasteiger partial charge is 0.163 e. The van der Waals surface area contributed by atoms with Crippen LogP contribution in [-0.4, -0.2) is 57.3 Å². The third kappa shape index (κ3) is 4.50. The highest BCUT2D eigenvalue weighted by Gasteiger charge is 2.49. The van der Waals surface area contributed by atoms with Gasteiger partial charge < -0.3 is 14.4 Å². The summed E-state index contributed by atoms with van der Waals surface area (Å²) in [7, 11) is 1.61. The van der Waals surface area contributed by atoms with Gasteiger partial charge in [0.2, 0.25) is 0 Å². The topological polar surface area (TPSA) is 103 Å². The Morgan fingerprint density at radius 2 is 1.98 bits per heavy atom. The molecule has 9 nitrogen and oxygen atoms in total. The van der Waals surface area contributed by atoms with Crippen LogP contribution in [0.15, 0.2) is 42.9 Å². The summed E-state index contributed by atoms with van der Waals surface area (Å²) in [5.74, 6) is 1.91. The van der Waals surface area contributed by atoms with Crippen molar-refractivity contribution in [2.24, 2.45) is 0 Å². The summed E-state index contributed by atoms with van der Waals surface area (Å²) < 4.78 is 12.0. The third-order valence-corrected chi connectivity index (χ3v) is 8.62. The summed E-state index contributed by atoms with van der Waals surface area (Å²) in [5, 5.41) is 19.4. The summed E-state index contributed by atoms with van der Waals surface area (Å²) in [4.78, 5) is 13.3. The molecule has 2 atom stereocenters. The number of aromatic nitrogens is 4. The van der Waals surface area contributed by atoms with E-state index in [1.54, 1.807) is 31.8 Å². The van der Waals surface area contributed by atoms with Crippen molar-refractivity contribution in [3.05, 3.63) is 69.7 Å². The van der Waals surface area contributed by atoms with Gasteiger partial charge in [0.05, 0.1) is 45.5 Å². The number of nitriles is 1. The van der Waals surface area contributed by atoms with Crippen molar-refractivity contribution in [2.45, 2.75) is 44.4 Å². The van der Waals surface area contributed by atoms with Gasteiger partial charge in [-0.15, -0.1) is 0 Å². The molecular weight excluding hydrogens is 549 g/mol. The van der Waals surface area contributed by atoms with E-state index in [1.807, 2.05) is 25.1 Å². The maximum absolute atomic E-state index is 9.53. The fourth-order valence-electron chi connectivity index (χ4n) is 6.16. The fourth-order valence-corrected chi connectivity index (χ4v) is 6.83. The molecule has 4 aromatic rings. The molecule has 2 aliphatic rings. The molecule has 0 bridgehead atoms. The second-order valence-corrected chi connectivity index (χ2v) is 11.4. The number of nitrogens with zero attached hydrogens (tertiary/aromatic N) is 6. The Balaban J connectivity index is 1.29. The summed E-state index contributed by atoms with van der Waals surface area (Å²) in [5.41, 5.74) is 3.09. The SMILES string of the molecule is COc1cc2n[nH]c(C3CCCN3C3(C)CN(c4ncccc4C#N)C3)c2cc1O[C@H](C)c1c(Cl)cncc1Cl. The van der Waals surface area contributed by atoms with Crippen LogP contribution < -0.4 is 14.4 Å². The van der Waals surface area contributed by atoms with Gasteiger partial charge in [0.15, 0.2) is 11.5 Å². The predicted molar refractivity (Wildman–Crippen MR) is 154 cm³/mol. The summed E-state index contributed by atoms with van der Waals surface area (Å²) in [6.45, 7) is 6.77. The van der Waals surface area contributed by atoms with Crippen molar-refractivity contribution in [3.8, 4) is 17.6 Å². The Labute approximate surface area is 242 Å². The van der Waals surface area contributed by atoms with E-state index in [9.17, 15) is 5.26 Å². The van der Waals surface area contributed by atoms with Gasteiger partial charge in [-0.1, -0.05) is 23.2 Å². The lowest BCUT2D eigenvalue weighted by Gasteiger charge is -2.55. The van der Waals surface area contributed by atoms with E-state index in [2.05, 4.69) is 43.0 Å². The monoisotopic (exact) mass is 577 g/mol. The first kappa shape index (κ1) is 26.6. The maximum Gasteiger partial charge on any atom is 0.163 e. The number of halogens is 2. The Morgan fingerprint density at radius 1 is 1.20 bits per heavy atom. The molecule has 0 aliphatic carbocycles. The van der Waals surface area contributed by atoms with Crippen LogP contribution >= 0.6 is 23.2 Å². The number of methoxy groups -OCH3 is 1. The molecule has 40 heavy (non-hydrogen) atoms. The number of pyridine rings is 2. The van der Waals surface area contributed by atoms with Crippen molar-refractivity contribution in [1.29, 1.82) is 5.26 Å².